The van der Waals surface area contributed by atoms with Crippen LogP contribution in [0.3, 0.4) is 0 Å². The molecule has 1 atom stereocenters. The third-order valence-corrected chi connectivity index (χ3v) is 2.93. The van der Waals surface area contributed by atoms with Crippen molar-refractivity contribution in [3.05, 3.63) is 53.7 Å². The summed E-state index contributed by atoms with van der Waals surface area (Å²) in [5, 5.41) is -0.467. The minimum absolute atomic E-state index is 0.307. The van der Waals surface area contributed by atoms with Gasteiger partial charge in [0.1, 0.15) is 12.1 Å². The number of aromatic nitrogens is 2. The standard InChI is InChI=1S/C13H12ClFN2O/c1-18-13-7-9(16-8-17-13)6-11(14)10-4-2-3-5-12(10)15/h2-5,7-8,11H,6H2,1H3. The number of hydrogen-bond donors (Lipinski definition) is 0. The van der Waals surface area contributed by atoms with Crippen LogP contribution in [0.15, 0.2) is 36.7 Å². The van der Waals surface area contributed by atoms with Gasteiger partial charge in [0.2, 0.25) is 5.88 Å². The van der Waals surface area contributed by atoms with Gasteiger partial charge in [-0.15, -0.1) is 11.6 Å². The molecule has 0 amide bonds. The van der Waals surface area contributed by atoms with Crippen molar-refractivity contribution in [3.8, 4) is 5.88 Å². The van der Waals surface area contributed by atoms with Crippen LogP contribution >= 0.6 is 11.6 Å². The minimum Gasteiger partial charge on any atom is -0.481 e. The number of rotatable bonds is 4. The topological polar surface area (TPSA) is 35.0 Å². The van der Waals surface area contributed by atoms with Crippen LogP contribution in [0, 0.1) is 5.82 Å². The average molecular weight is 267 g/mol. The Kier molecular flexibility index (Phi) is 4.10. The lowest BCUT2D eigenvalue weighted by Crippen LogP contribution is -2.01. The Morgan fingerprint density at radius 1 is 1.33 bits per heavy atom. The van der Waals surface area contributed by atoms with E-state index in [1.807, 2.05) is 0 Å². The van der Waals surface area contributed by atoms with Crippen molar-refractivity contribution in [1.29, 1.82) is 0 Å². The molecule has 1 aromatic heterocycles. The van der Waals surface area contributed by atoms with E-state index < -0.39 is 5.38 Å². The first kappa shape index (κ1) is 12.8. The largest absolute Gasteiger partial charge is 0.481 e. The lowest BCUT2D eigenvalue weighted by atomic mass is 10.1. The zero-order chi connectivity index (χ0) is 13.0. The number of halogens is 2. The number of benzene rings is 1. The van der Waals surface area contributed by atoms with Crippen LogP contribution in [0.5, 0.6) is 5.88 Å². The van der Waals surface area contributed by atoms with Crippen molar-refractivity contribution in [2.45, 2.75) is 11.8 Å². The molecule has 1 aromatic carbocycles. The first-order valence-corrected chi connectivity index (χ1v) is 5.87. The zero-order valence-electron chi connectivity index (χ0n) is 9.81. The van der Waals surface area contributed by atoms with E-state index in [4.69, 9.17) is 16.3 Å². The lowest BCUT2D eigenvalue weighted by molar-refractivity contribution is 0.396. The molecule has 1 heterocycles. The zero-order valence-corrected chi connectivity index (χ0v) is 10.6. The smallest absolute Gasteiger partial charge is 0.216 e. The maximum absolute atomic E-state index is 13.5. The molecule has 0 spiro atoms. The SMILES string of the molecule is COc1cc(CC(Cl)c2ccccc2F)ncn1. The lowest BCUT2D eigenvalue weighted by Gasteiger charge is -2.10. The number of hydrogen-bond acceptors (Lipinski definition) is 3. The van der Waals surface area contributed by atoms with Gasteiger partial charge in [0.25, 0.3) is 0 Å². The molecule has 1 unspecified atom stereocenters. The van der Waals surface area contributed by atoms with Crippen molar-refractivity contribution in [2.75, 3.05) is 7.11 Å². The van der Waals surface area contributed by atoms with E-state index in [1.165, 1.54) is 19.5 Å². The highest BCUT2D eigenvalue weighted by atomic mass is 35.5. The normalized spacial score (nSPS) is 12.2. The van der Waals surface area contributed by atoms with Crippen LogP contribution in [0.1, 0.15) is 16.6 Å². The van der Waals surface area contributed by atoms with Gasteiger partial charge in [-0.05, 0) is 6.07 Å². The number of ether oxygens (including phenoxy) is 1. The van der Waals surface area contributed by atoms with E-state index in [0.717, 1.165) is 0 Å². The second kappa shape index (κ2) is 5.78. The number of methoxy groups -OCH3 is 1. The average Bonchev–Trinajstić information content (AvgIpc) is 2.39. The van der Waals surface area contributed by atoms with Crippen LogP contribution in [0.25, 0.3) is 0 Å². The van der Waals surface area contributed by atoms with E-state index >= 15 is 0 Å². The molecule has 0 aliphatic heterocycles. The summed E-state index contributed by atoms with van der Waals surface area (Å²) in [5.74, 6) is 0.163. The van der Waals surface area contributed by atoms with Crippen LogP contribution < -0.4 is 4.74 Å². The molecular formula is C13H12ClFN2O. The summed E-state index contributed by atoms with van der Waals surface area (Å²) in [4.78, 5) is 7.99. The molecule has 0 N–H and O–H groups in total. The number of alkyl halides is 1. The molecule has 0 bridgehead atoms. The Bertz CT molecular complexity index is 536. The van der Waals surface area contributed by atoms with Gasteiger partial charge in [-0.2, -0.15) is 0 Å². The van der Waals surface area contributed by atoms with Crippen molar-refractivity contribution < 1.29 is 9.13 Å². The summed E-state index contributed by atoms with van der Waals surface area (Å²) in [6.45, 7) is 0. The highest BCUT2D eigenvalue weighted by Crippen LogP contribution is 2.26. The van der Waals surface area contributed by atoms with Gasteiger partial charge in [0.15, 0.2) is 0 Å². The molecule has 0 aliphatic rings. The molecule has 0 saturated carbocycles. The Morgan fingerprint density at radius 2 is 2.11 bits per heavy atom. The highest BCUT2D eigenvalue weighted by molar-refractivity contribution is 6.20. The molecule has 0 radical (unpaired) electrons. The molecular weight excluding hydrogens is 255 g/mol. The first-order valence-electron chi connectivity index (χ1n) is 5.44. The third kappa shape index (κ3) is 2.96. The van der Waals surface area contributed by atoms with Gasteiger partial charge >= 0.3 is 0 Å². The second-order valence-corrected chi connectivity index (χ2v) is 4.27. The predicted molar refractivity (Wildman–Crippen MR) is 67.3 cm³/mol. The second-order valence-electron chi connectivity index (χ2n) is 3.74. The molecule has 0 saturated heterocycles. The van der Waals surface area contributed by atoms with E-state index in [9.17, 15) is 4.39 Å². The van der Waals surface area contributed by atoms with Gasteiger partial charge in [-0.3, -0.25) is 0 Å². The van der Waals surface area contributed by atoms with Gasteiger partial charge in [0, 0.05) is 23.7 Å². The van der Waals surface area contributed by atoms with Crippen LogP contribution in [0.4, 0.5) is 4.39 Å². The van der Waals surface area contributed by atoms with Crippen LogP contribution in [0.2, 0.25) is 0 Å². The van der Waals surface area contributed by atoms with E-state index in [0.29, 0.717) is 23.6 Å². The van der Waals surface area contributed by atoms with Crippen molar-refractivity contribution >= 4 is 11.6 Å². The molecule has 2 rings (SSSR count). The molecule has 0 aliphatic carbocycles. The summed E-state index contributed by atoms with van der Waals surface area (Å²) in [5.41, 5.74) is 1.18. The van der Waals surface area contributed by atoms with Gasteiger partial charge in [-0.25, -0.2) is 14.4 Å². The van der Waals surface area contributed by atoms with Gasteiger partial charge < -0.3 is 4.74 Å². The molecule has 2 aromatic rings. The van der Waals surface area contributed by atoms with Crippen molar-refractivity contribution in [2.24, 2.45) is 0 Å². The fourth-order valence-electron chi connectivity index (χ4n) is 1.62. The molecule has 94 valence electrons. The highest BCUT2D eigenvalue weighted by Gasteiger charge is 2.14. The number of nitrogens with zero attached hydrogens (tertiary/aromatic N) is 2. The maximum atomic E-state index is 13.5. The van der Waals surface area contributed by atoms with Crippen molar-refractivity contribution in [1.82, 2.24) is 9.97 Å². The van der Waals surface area contributed by atoms with Crippen LogP contribution in [-0.4, -0.2) is 17.1 Å². The van der Waals surface area contributed by atoms with Gasteiger partial charge in [0.05, 0.1) is 12.5 Å². The van der Waals surface area contributed by atoms with Gasteiger partial charge in [-0.1, -0.05) is 18.2 Å². The summed E-state index contributed by atoms with van der Waals surface area (Å²) in [7, 11) is 1.53. The van der Waals surface area contributed by atoms with E-state index in [1.54, 1.807) is 24.3 Å². The minimum atomic E-state index is -0.467. The first-order chi connectivity index (χ1) is 8.70. The Balaban J connectivity index is 2.16. The van der Waals surface area contributed by atoms with Crippen LogP contribution in [-0.2, 0) is 6.42 Å². The fraction of sp³-hybridized carbons (Fsp3) is 0.231. The Morgan fingerprint density at radius 3 is 2.83 bits per heavy atom. The molecule has 18 heavy (non-hydrogen) atoms. The summed E-state index contributed by atoms with van der Waals surface area (Å²) >= 11 is 6.20. The molecule has 3 nitrogen and oxygen atoms in total. The summed E-state index contributed by atoms with van der Waals surface area (Å²) in [6, 6.07) is 8.15. The molecule has 0 fully saturated rings. The quantitative estimate of drug-likeness (QED) is 0.798. The Hall–Kier alpha value is -1.68. The summed E-state index contributed by atoms with van der Waals surface area (Å²) in [6.07, 6.45) is 1.82. The third-order valence-electron chi connectivity index (χ3n) is 2.54. The monoisotopic (exact) mass is 266 g/mol. The van der Waals surface area contributed by atoms with E-state index in [-0.39, 0.29) is 5.82 Å². The van der Waals surface area contributed by atoms with Crippen molar-refractivity contribution in [3.63, 3.8) is 0 Å². The van der Waals surface area contributed by atoms with E-state index in [2.05, 4.69) is 9.97 Å². The molecule has 5 heteroatoms. The maximum Gasteiger partial charge on any atom is 0.216 e. The fourth-order valence-corrected chi connectivity index (χ4v) is 1.96. The predicted octanol–water partition coefficient (Wildman–Crippen LogP) is 3.15. The summed E-state index contributed by atoms with van der Waals surface area (Å²) < 4.78 is 18.5. The Labute approximate surface area is 110 Å².